The number of aryl methyl sites for hydroxylation is 1. The molecule has 1 aliphatic rings. The molecule has 3 heterocycles. The van der Waals surface area contributed by atoms with Crippen LogP contribution < -0.4 is 4.90 Å². The molecule has 152 valence electrons. The Morgan fingerprint density at radius 1 is 0.900 bits per heavy atom. The summed E-state index contributed by atoms with van der Waals surface area (Å²) in [7, 11) is 0. The summed E-state index contributed by atoms with van der Waals surface area (Å²) in [6.45, 7) is 3.45. The number of benzene rings is 2. The Kier molecular flexibility index (Phi) is 5.02. The van der Waals surface area contributed by atoms with E-state index in [9.17, 15) is 4.55 Å². The molecule has 8 heteroatoms. The fourth-order valence-electron chi connectivity index (χ4n) is 3.57. The van der Waals surface area contributed by atoms with E-state index < -0.39 is 11.2 Å². The van der Waals surface area contributed by atoms with Crippen molar-refractivity contribution in [1.29, 1.82) is 0 Å². The summed E-state index contributed by atoms with van der Waals surface area (Å²) in [6.07, 6.45) is 0. The van der Waals surface area contributed by atoms with Crippen LogP contribution in [0.5, 0.6) is 0 Å². The summed E-state index contributed by atoms with van der Waals surface area (Å²) in [5.41, 5.74) is 4.26. The average molecular weight is 420 g/mol. The second kappa shape index (κ2) is 7.97. The van der Waals surface area contributed by atoms with E-state index in [1.165, 1.54) is 0 Å². The third-order valence-corrected chi connectivity index (χ3v) is 6.48. The fraction of sp³-hybridized carbons (Fsp3) is 0.227. The van der Waals surface area contributed by atoms with Crippen molar-refractivity contribution >= 4 is 16.9 Å². The van der Waals surface area contributed by atoms with Gasteiger partial charge in [0.2, 0.25) is 5.89 Å². The van der Waals surface area contributed by atoms with Gasteiger partial charge in [-0.25, -0.2) is 0 Å². The van der Waals surface area contributed by atoms with Crippen molar-refractivity contribution in [3.8, 4) is 34.2 Å². The molecule has 4 aromatic rings. The van der Waals surface area contributed by atoms with Crippen molar-refractivity contribution in [2.45, 2.75) is 6.92 Å². The Balaban J connectivity index is 1.41. The molecular weight excluding hydrogens is 400 g/mol. The van der Waals surface area contributed by atoms with E-state index in [4.69, 9.17) is 8.94 Å². The van der Waals surface area contributed by atoms with Gasteiger partial charge in [0.1, 0.15) is 28.5 Å². The maximum absolute atomic E-state index is 11.6. The Hall–Kier alpha value is -3.10. The summed E-state index contributed by atoms with van der Waals surface area (Å²) in [4.78, 5) is 2.25. The molecule has 30 heavy (non-hydrogen) atoms. The van der Waals surface area contributed by atoms with E-state index in [1.807, 2.05) is 61.5 Å². The first-order chi connectivity index (χ1) is 14.7. The lowest BCUT2D eigenvalue weighted by Gasteiger charge is -2.29. The lowest BCUT2D eigenvalue weighted by atomic mass is 10.1. The number of aromatic nitrogens is 3. The Bertz CT molecular complexity index is 1130. The molecule has 1 fully saturated rings. The SMILES string of the molecule is Cc1onc(-c2ccccc2)c1-c1nnc(-c2ccc(N3CC[S+]([O-])CC3)cc2)o1. The zero-order valence-electron chi connectivity index (χ0n) is 16.4. The van der Waals surface area contributed by atoms with Gasteiger partial charge in [0.15, 0.2) is 0 Å². The zero-order chi connectivity index (χ0) is 20.5. The Morgan fingerprint density at radius 2 is 1.60 bits per heavy atom. The minimum absolute atomic E-state index is 0.380. The van der Waals surface area contributed by atoms with Crippen LogP contribution in [0.2, 0.25) is 0 Å². The van der Waals surface area contributed by atoms with Crippen LogP contribution in [0.3, 0.4) is 0 Å². The third kappa shape index (κ3) is 3.59. The summed E-state index contributed by atoms with van der Waals surface area (Å²) < 4.78 is 22.9. The molecule has 7 nitrogen and oxygen atoms in total. The van der Waals surface area contributed by atoms with Crippen LogP contribution in [-0.4, -0.2) is 44.5 Å². The monoisotopic (exact) mass is 420 g/mol. The normalized spacial score (nSPS) is 14.9. The van der Waals surface area contributed by atoms with E-state index >= 15 is 0 Å². The van der Waals surface area contributed by atoms with Crippen molar-refractivity contribution in [2.75, 3.05) is 29.5 Å². The predicted octanol–water partition coefficient (Wildman–Crippen LogP) is 3.94. The lowest BCUT2D eigenvalue weighted by Crippen LogP contribution is -2.40. The second-order valence-corrected chi connectivity index (χ2v) is 8.82. The first-order valence-corrected chi connectivity index (χ1v) is 11.2. The largest absolute Gasteiger partial charge is 0.616 e. The molecule has 1 saturated heterocycles. The van der Waals surface area contributed by atoms with Gasteiger partial charge in [0, 0.05) is 16.8 Å². The highest BCUT2D eigenvalue weighted by Crippen LogP contribution is 2.35. The topological polar surface area (TPSA) is 91.2 Å². The van der Waals surface area contributed by atoms with Gasteiger partial charge < -0.3 is 18.4 Å². The first-order valence-electron chi connectivity index (χ1n) is 9.75. The maximum atomic E-state index is 11.6. The highest BCUT2D eigenvalue weighted by molar-refractivity contribution is 7.91. The summed E-state index contributed by atoms with van der Waals surface area (Å²) in [6, 6.07) is 17.8. The molecular formula is C22H20N4O3S. The van der Waals surface area contributed by atoms with Gasteiger partial charge >= 0.3 is 0 Å². The van der Waals surface area contributed by atoms with Crippen molar-refractivity contribution in [3.05, 3.63) is 60.4 Å². The van der Waals surface area contributed by atoms with E-state index in [0.29, 0.717) is 28.8 Å². The predicted molar refractivity (Wildman–Crippen MR) is 115 cm³/mol. The quantitative estimate of drug-likeness (QED) is 0.462. The van der Waals surface area contributed by atoms with Gasteiger partial charge in [-0.2, -0.15) is 0 Å². The molecule has 0 aliphatic carbocycles. The number of hydrogen-bond acceptors (Lipinski definition) is 7. The molecule has 0 N–H and O–H groups in total. The highest BCUT2D eigenvalue weighted by atomic mass is 32.2. The molecule has 2 aromatic carbocycles. The van der Waals surface area contributed by atoms with E-state index in [-0.39, 0.29) is 0 Å². The van der Waals surface area contributed by atoms with Crippen LogP contribution in [0.25, 0.3) is 34.2 Å². The van der Waals surface area contributed by atoms with Crippen LogP contribution in [-0.2, 0) is 11.2 Å². The van der Waals surface area contributed by atoms with Crippen LogP contribution in [0.1, 0.15) is 5.76 Å². The molecule has 1 aliphatic heterocycles. The zero-order valence-corrected chi connectivity index (χ0v) is 17.3. The standard InChI is InChI=1S/C22H20N4O3S/c1-15-19(20(25-29-15)16-5-3-2-4-6-16)22-24-23-21(28-22)17-7-9-18(10-8-17)26-11-13-30(27)14-12-26/h2-10H,11-14H2,1H3. The Labute approximate surface area is 176 Å². The average Bonchev–Trinajstić information content (AvgIpc) is 3.42. The first kappa shape index (κ1) is 18.9. The molecule has 0 spiro atoms. The van der Waals surface area contributed by atoms with Crippen LogP contribution in [0.4, 0.5) is 5.69 Å². The van der Waals surface area contributed by atoms with Gasteiger partial charge in [0.25, 0.3) is 5.89 Å². The molecule has 0 bridgehead atoms. The summed E-state index contributed by atoms with van der Waals surface area (Å²) >= 11 is -0.686. The fourth-order valence-corrected chi connectivity index (χ4v) is 4.62. The van der Waals surface area contributed by atoms with Crippen LogP contribution in [0, 0.1) is 6.92 Å². The van der Waals surface area contributed by atoms with E-state index in [0.717, 1.165) is 41.4 Å². The minimum atomic E-state index is -0.686. The third-order valence-electron chi connectivity index (χ3n) is 5.21. The second-order valence-electron chi connectivity index (χ2n) is 7.12. The molecule has 2 aromatic heterocycles. The van der Waals surface area contributed by atoms with Crippen molar-refractivity contribution in [1.82, 2.24) is 15.4 Å². The number of anilines is 1. The molecule has 0 saturated carbocycles. The van der Waals surface area contributed by atoms with Gasteiger partial charge in [-0.1, -0.05) is 46.7 Å². The minimum Gasteiger partial charge on any atom is -0.616 e. The maximum Gasteiger partial charge on any atom is 0.254 e. The number of rotatable bonds is 4. The Morgan fingerprint density at radius 3 is 2.33 bits per heavy atom. The van der Waals surface area contributed by atoms with E-state index in [2.05, 4.69) is 20.3 Å². The number of hydrogen-bond donors (Lipinski definition) is 0. The van der Waals surface area contributed by atoms with Gasteiger partial charge in [-0.3, -0.25) is 0 Å². The highest BCUT2D eigenvalue weighted by Gasteiger charge is 2.23. The lowest BCUT2D eigenvalue weighted by molar-refractivity contribution is 0.399. The van der Waals surface area contributed by atoms with Crippen LogP contribution in [0.15, 0.2) is 63.5 Å². The van der Waals surface area contributed by atoms with Gasteiger partial charge in [-0.15, -0.1) is 10.2 Å². The molecule has 0 radical (unpaired) electrons. The molecule has 0 amide bonds. The smallest absolute Gasteiger partial charge is 0.254 e. The van der Waals surface area contributed by atoms with E-state index in [1.54, 1.807) is 0 Å². The summed E-state index contributed by atoms with van der Waals surface area (Å²) in [5.74, 6) is 2.88. The molecule has 5 rings (SSSR count). The van der Waals surface area contributed by atoms with Gasteiger partial charge in [-0.05, 0) is 31.2 Å². The van der Waals surface area contributed by atoms with Gasteiger partial charge in [0.05, 0.1) is 13.1 Å². The molecule has 0 atom stereocenters. The van der Waals surface area contributed by atoms with Crippen LogP contribution >= 0.6 is 0 Å². The van der Waals surface area contributed by atoms with Crippen molar-refractivity contribution in [2.24, 2.45) is 0 Å². The summed E-state index contributed by atoms with van der Waals surface area (Å²) in [5, 5.41) is 12.7. The number of nitrogens with zero attached hydrogens (tertiary/aromatic N) is 4. The van der Waals surface area contributed by atoms with Crippen molar-refractivity contribution < 1.29 is 13.5 Å². The molecule has 0 unspecified atom stereocenters. The van der Waals surface area contributed by atoms with Crippen molar-refractivity contribution in [3.63, 3.8) is 0 Å².